The summed E-state index contributed by atoms with van der Waals surface area (Å²) in [5.74, 6) is -0.381. The van der Waals surface area contributed by atoms with Crippen LogP contribution in [0.15, 0.2) is 35.6 Å². The lowest BCUT2D eigenvalue weighted by Gasteiger charge is -2.33. The standard InChI is InChI=1S/C23H28FN5O4S/c1-23(2,3)33-22(30)28-9-7-15(8-10-28)11-19-17-13-27-29(21(17)26-14-25-19)20-6-5-16(12-18(20)24)34(4,31)32/h5-6,12-15H,7-11H2,1-4H3. The number of carbonyl (C=O) groups is 1. The molecule has 0 bridgehead atoms. The van der Waals surface area contributed by atoms with Gasteiger partial charge in [-0.25, -0.2) is 32.3 Å². The number of aromatic nitrogens is 4. The molecule has 3 heterocycles. The van der Waals surface area contributed by atoms with Crippen LogP contribution in [-0.2, 0) is 21.0 Å². The van der Waals surface area contributed by atoms with E-state index < -0.39 is 21.3 Å². The van der Waals surface area contributed by atoms with Gasteiger partial charge in [-0.1, -0.05) is 0 Å². The summed E-state index contributed by atoms with van der Waals surface area (Å²) in [6.45, 7) is 6.79. The third kappa shape index (κ3) is 5.19. The third-order valence-corrected chi connectivity index (χ3v) is 6.88. The van der Waals surface area contributed by atoms with Crippen LogP contribution in [0.5, 0.6) is 0 Å². The number of carbonyl (C=O) groups excluding carboxylic acids is 1. The van der Waals surface area contributed by atoms with Crippen LogP contribution < -0.4 is 0 Å². The van der Waals surface area contributed by atoms with Crippen molar-refractivity contribution in [3.8, 4) is 5.69 Å². The SMILES string of the molecule is CC(C)(C)OC(=O)N1CCC(Cc2ncnc3c2cnn3-c2ccc(S(C)(=O)=O)cc2F)CC1. The van der Waals surface area contributed by atoms with Gasteiger partial charge in [0.05, 0.1) is 22.2 Å². The number of benzene rings is 1. The normalized spacial score (nSPS) is 15.6. The molecule has 0 saturated carbocycles. The van der Waals surface area contributed by atoms with Crippen molar-refractivity contribution in [3.63, 3.8) is 0 Å². The Morgan fingerprint density at radius 1 is 1.21 bits per heavy atom. The Balaban J connectivity index is 1.51. The number of ether oxygens (including phenoxy) is 1. The largest absolute Gasteiger partial charge is 0.444 e. The minimum absolute atomic E-state index is 0.0988. The summed E-state index contributed by atoms with van der Waals surface area (Å²) < 4.78 is 45.0. The van der Waals surface area contributed by atoms with Gasteiger partial charge in [0, 0.05) is 19.3 Å². The Bertz CT molecular complexity index is 1320. The summed E-state index contributed by atoms with van der Waals surface area (Å²) in [5.41, 5.74) is 0.839. The molecule has 3 aromatic rings. The van der Waals surface area contributed by atoms with E-state index in [1.807, 2.05) is 20.8 Å². The van der Waals surface area contributed by atoms with Gasteiger partial charge in [-0.2, -0.15) is 5.10 Å². The number of halogens is 1. The molecule has 1 aliphatic rings. The van der Waals surface area contributed by atoms with Gasteiger partial charge < -0.3 is 9.64 Å². The molecule has 1 fully saturated rings. The maximum atomic E-state index is 14.7. The van der Waals surface area contributed by atoms with Crippen molar-refractivity contribution in [3.05, 3.63) is 42.2 Å². The summed E-state index contributed by atoms with van der Waals surface area (Å²) in [6.07, 6.45) is 6.09. The number of amides is 1. The lowest BCUT2D eigenvalue weighted by Crippen LogP contribution is -2.42. The molecule has 1 aromatic carbocycles. The van der Waals surface area contributed by atoms with E-state index in [4.69, 9.17) is 4.74 Å². The predicted molar refractivity (Wildman–Crippen MR) is 124 cm³/mol. The van der Waals surface area contributed by atoms with Gasteiger partial charge >= 0.3 is 6.09 Å². The number of rotatable bonds is 4. The molecule has 34 heavy (non-hydrogen) atoms. The number of piperidine rings is 1. The van der Waals surface area contributed by atoms with Crippen LogP contribution in [0.3, 0.4) is 0 Å². The quantitative estimate of drug-likeness (QED) is 0.552. The van der Waals surface area contributed by atoms with Gasteiger partial charge in [0.15, 0.2) is 15.5 Å². The molecule has 0 N–H and O–H groups in total. The Labute approximate surface area is 197 Å². The van der Waals surface area contributed by atoms with Gasteiger partial charge in [-0.3, -0.25) is 0 Å². The van der Waals surface area contributed by atoms with Crippen molar-refractivity contribution >= 4 is 27.0 Å². The van der Waals surface area contributed by atoms with E-state index in [2.05, 4.69) is 15.1 Å². The van der Waals surface area contributed by atoms with E-state index in [0.717, 1.165) is 30.9 Å². The van der Waals surface area contributed by atoms with Gasteiger partial charge in [0.2, 0.25) is 0 Å². The van der Waals surface area contributed by atoms with Crippen LogP contribution in [0.25, 0.3) is 16.7 Å². The Kier molecular flexibility index (Phi) is 6.32. The van der Waals surface area contributed by atoms with Crippen molar-refractivity contribution in [2.24, 2.45) is 5.92 Å². The van der Waals surface area contributed by atoms with E-state index in [1.54, 1.807) is 11.1 Å². The lowest BCUT2D eigenvalue weighted by atomic mass is 9.91. The minimum Gasteiger partial charge on any atom is -0.444 e. The highest BCUT2D eigenvalue weighted by molar-refractivity contribution is 7.90. The monoisotopic (exact) mass is 489 g/mol. The topological polar surface area (TPSA) is 107 Å². The Morgan fingerprint density at radius 2 is 1.91 bits per heavy atom. The fourth-order valence-corrected chi connectivity index (χ4v) is 4.67. The van der Waals surface area contributed by atoms with E-state index >= 15 is 0 Å². The molecule has 0 atom stereocenters. The summed E-state index contributed by atoms with van der Waals surface area (Å²) in [5, 5.41) is 5.01. The van der Waals surface area contributed by atoms with Crippen LogP contribution in [0.4, 0.5) is 9.18 Å². The molecule has 1 aliphatic heterocycles. The summed E-state index contributed by atoms with van der Waals surface area (Å²) >= 11 is 0. The maximum absolute atomic E-state index is 14.7. The number of hydrogen-bond acceptors (Lipinski definition) is 7. The molecule has 1 amide bonds. The summed E-state index contributed by atoms with van der Waals surface area (Å²) in [6, 6.07) is 3.72. The second-order valence-corrected chi connectivity index (χ2v) is 11.6. The Morgan fingerprint density at radius 3 is 2.53 bits per heavy atom. The summed E-state index contributed by atoms with van der Waals surface area (Å²) in [4.78, 5) is 22.7. The zero-order chi connectivity index (χ0) is 24.7. The molecule has 9 nitrogen and oxygen atoms in total. The van der Waals surface area contributed by atoms with Crippen LogP contribution in [-0.4, -0.2) is 64.1 Å². The van der Waals surface area contributed by atoms with Gasteiger partial charge in [0.1, 0.15) is 23.4 Å². The first-order valence-electron chi connectivity index (χ1n) is 11.1. The molecule has 11 heteroatoms. The van der Waals surface area contributed by atoms with Crippen LogP contribution in [0, 0.1) is 11.7 Å². The fraction of sp³-hybridized carbons (Fsp3) is 0.478. The van der Waals surface area contributed by atoms with E-state index in [0.29, 0.717) is 36.5 Å². The Hall–Kier alpha value is -3.08. The zero-order valence-electron chi connectivity index (χ0n) is 19.7. The molecule has 0 spiro atoms. The van der Waals surface area contributed by atoms with E-state index in [9.17, 15) is 17.6 Å². The molecular weight excluding hydrogens is 461 g/mol. The van der Waals surface area contributed by atoms with Gasteiger partial charge in [-0.05, 0) is 64.2 Å². The number of sulfone groups is 1. The first-order chi connectivity index (χ1) is 15.9. The first kappa shape index (κ1) is 24.1. The highest BCUT2D eigenvalue weighted by Crippen LogP contribution is 2.27. The highest BCUT2D eigenvalue weighted by atomic mass is 32.2. The van der Waals surface area contributed by atoms with Crippen LogP contribution in [0.2, 0.25) is 0 Å². The number of nitrogens with zero attached hydrogens (tertiary/aromatic N) is 5. The minimum atomic E-state index is -3.52. The van der Waals surface area contributed by atoms with Crippen molar-refractivity contribution < 1.29 is 22.3 Å². The van der Waals surface area contributed by atoms with Gasteiger partial charge in [0.25, 0.3) is 0 Å². The average molecular weight is 490 g/mol. The number of fused-ring (bicyclic) bond motifs is 1. The molecule has 2 aromatic heterocycles. The average Bonchev–Trinajstić information content (AvgIpc) is 3.17. The van der Waals surface area contributed by atoms with Crippen molar-refractivity contribution in [2.75, 3.05) is 19.3 Å². The molecule has 0 radical (unpaired) electrons. The van der Waals surface area contributed by atoms with Crippen LogP contribution in [0.1, 0.15) is 39.3 Å². The van der Waals surface area contributed by atoms with Crippen molar-refractivity contribution in [1.29, 1.82) is 0 Å². The second kappa shape index (κ2) is 8.94. The smallest absolute Gasteiger partial charge is 0.410 e. The zero-order valence-corrected chi connectivity index (χ0v) is 20.5. The molecule has 0 aliphatic carbocycles. The van der Waals surface area contributed by atoms with Crippen LogP contribution >= 0.6 is 0 Å². The van der Waals surface area contributed by atoms with Crippen molar-refractivity contribution in [2.45, 2.75) is 50.5 Å². The highest BCUT2D eigenvalue weighted by Gasteiger charge is 2.28. The maximum Gasteiger partial charge on any atom is 0.410 e. The third-order valence-electron chi connectivity index (χ3n) is 5.77. The molecular formula is C23H28FN5O4S. The second-order valence-electron chi connectivity index (χ2n) is 9.61. The number of hydrogen-bond donors (Lipinski definition) is 0. The van der Waals surface area contributed by atoms with Gasteiger partial charge in [-0.15, -0.1) is 0 Å². The van der Waals surface area contributed by atoms with E-state index in [1.165, 1.54) is 23.1 Å². The van der Waals surface area contributed by atoms with E-state index in [-0.39, 0.29) is 16.7 Å². The summed E-state index contributed by atoms with van der Waals surface area (Å²) in [7, 11) is -3.52. The number of likely N-dealkylation sites (tertiary alicyclic amines) is 1. The van der Waals surface area contributed by atoms with Crippen molar-refractivity contribution in [1.82, 2.24) is 24.6 Å². The first-order valence-corrected chi connectivity index (χ1v) is 13.0. The molecule has 1 saturated heterocycles. The molecule has 182 valence electrons. The fourth-order valence-electron chi connectivity index (χ4n) is 4.04. The predicted octanol–water partition coefficient (Wildman–Crippen LogP) is 3.55. The molecule has 0 unspecified atom stereocenters. The molecule has 4 rings (SSSR count). The lowest BCUT2D eigenvalue weighted by molar-refractivity contribution is 0.0184.